The zero-order valence-corrected chi connectivity index (χ0v) is 15.0. The number of hydrogen-bond acceptors (Lipinski definition) is 0. The van der Waals surface area contributed by atoms with E-state index in [-0.39, 0.29) is 11.8 Å². The van der Waals surface area contributed by atoms with Crippen LogP contribution in [0.4, 0.5) is 6.18 Å². The van der Waals surface area contributed by atoms with Crippen LogP contribution in [-0.4, -0.2) is 0 Å². The molecule has 0 radical (unpaired) electrons. The molecule has 0 aliphatic heterocycles. The number of halogens is 2. The van der Waals surface area contributed by atoms with Gasteiger partial charge in [0.1, 0.15) is 0 Å². The first-order valence-electron chi connectivity index (χ1n) is 8.94. The van der Waals surface area contributed by atoms with Crippen LogP contribution in [0, 0.1) is 11.8 Å². The fourth-order valence-corrected chi connectivity index (χ4v) is 5.88. The zero-order chi connectivity index (χ0) is 15.8. The van der Waals surface area contributed by atoms with E-state index in [0.717, 1.165) is 32.1 Å². The van der Waals surface area contributed by atoms with E-state index < -0.39 is 18.9 Å². The van der Waals surface area contributed by atoms with Gasteiger partial charge in [0.2, 0.25) is 0 Å². The van der Waals surface area contributed by atoms with Crippen molar-refractivity contribution < 1.29 is 25.1 Å². The van der Waals surface area contributed by atoms with Crippen molar-refractivity contribution in [2.75, 3.05) is 0 Å². The van der Waals surface area contributed by atoms with Crippen molar-refractivity contribution in [3.05, 3.63) is 56.6 Å². The van der Waals surface area contributed by atoms with E-state index in [9.17, 15) is 6.18 Å². The fraction of sp³-hybridized carbons (Fsp3) is 0.500. The van der Waals surface area contributed by atoms with Crippen molar-refractivity contribution in [2.45, 2.75) is 51.4 Å². The Morgan fingerprint density at radius 1 is 0.870 bits per heavy atom. The molecule has 0 aromatic rings. The van der Waals surface area contributed by atoms with Crippen LogP contribution in [0.3, 0.4) is 0 Å². The molecule has 3 heteroatoms. The van der Waals surface area contributed by atoms with Crippen molar-refractivity contribution in [2.24, 2.45) is 11.8 Å². The summed E-state index contributed by atoms with van der Waals surface area (Å²) in [5.41, 5.74) is 5.51. The van der Waals surface area contributed by atoms with E-state index in [4.69, 9.17) is 0 Å². The molecule has 0 amide bonds. The van der Waals surface area contributed by atoms with Gasteiger partial charge in [-0.3, -0.25) is 0 Å². The van der Waals surface area contributed by atoms with Crippen LogP contribution >= 0.6 is 0 Å². The molecule has 0 aromatic carbocycles. The van der Waals surface area contributed by atoms with Gasteiger partial charge in [-0.25, -0.2) is 0 Å². The second-order valence-corrected chi connectivity index (χ2v) is 8.83. The molecule has 4 aliphatic rings. The molecule has 121 valence electrons. The molecular weight excluding hydrogens is 326 g/mol. The fourth-order valence-electron chi connectivity index (χ4n) is 4.61. The van der Waals surface area contributed by atoms with Gasteiger partial charge in [0, 0.05) is 0 Å². The van der Waals surface area contributed by atoms with Gasteiger partial charge < -0.3 is 0 Å². The van der Waals surface area contributed by atoms with Crippen LogP contribution in [0.5, 0.6) is 0 Å². The van der Waals surface area contributed by atoms with Crippen LogP contribution < -0.4 is 0 Å². The molecule has 0 saturated heterocycles. The van der Waals surface area contributed by atoms with Gasteiger partial charge in [-0.1, -0.05) is 0 Å². The van der Waals surface area contributed by atoms with Crippen molar-refractivity contribution in [3.8, 4) is 0 Å². The molecular formula is C20H23F2Ti. The van der Waals surface area contributed by atoms with E-state index in [1.807, 2.05) is 6.08 Å². The number of rotatable bonds is 3. The molecule has 0 heterocycles. The van der Waals surface area contributed by atoms with E-state index in [0.29, 0.717) is 3.88 Å². The van der Waals surface area contributed by atoms with Crippen LogP contribution in [0.2, 0.25) is 0 Å². The van der Waals surface area contributed by atoms with Crippen molar-refractivity contribution in [3.63, 3.8) is 0 Å². The van der Waals surface area contributed by atoms with E-state index in [1.54, 1.807) is 0 Å². The third-order valence-corrected chi connectivity index (χ3v) is 7.22. The molecule has 0 fully saturated rings. The molecule has 4 aliphatic carbocycles. The maximum atomic E-state index is 14.0. The first-order valence-corrected chi connectivity index (χ1v) is 10.9. The van der Waals surface area contributed by atoms with Gasteiger partial charge in [-0.2, -0.15) is 0 Å². The molecule has 0 spiro atoms. The Bertz CT molecular complexity index is 649. The van der Waals surface area contributed by atoms with Crippen molar-refractivity contribution in [1.82, 2.24) is 0 Å². The summed E-state index contributed by atoms with van der Waals surface area (Å²) in [6, 6.07) is 0. The summed E-state index contributed by atoms with van der Waals surface area (Å²) >= 11 is -4.08. The van der Waals surface area contributed by atoms with Crippen LogP contribution in [0.15, 0.2) is 56.6 Å². The average molecular weight is 349 g/mol. The summed E-state index contributed by atoms with van der Waals surface area (Å²) in [5, 5.41) is 0. The Kier molecular flexibility index (Phi) is 4.56. The molecule has 0 bridgehead atoms. The number of hydrogen-bond donors (Lipinski definition) is 0. The Morgan fingerprint density at radius 2 is 1.48 bits per heavy atom. The SMILES string of the molecule is [F][Ti]([F])[C](=C[C@@H]1C=CC2=C1CCCC2)[C@H]1C=CC2=C1CCCC2. The van der Waals surface area contributed by atoms with Gasteiger partial charge in [0.15, 0.2) is 0 Å². The standard InChI is InChI=1S/C20H23.2FH.Ti/c1-3-7-19-15(5-1)9-11-17(19)13-14-18-12-10-16-6-2-4-8-20(16)18;;;/h9-13,17-18H,1-8H2;2*1H;/q;;;+2/p-2/t17-,18+;;;/m0.../s1. The quantitative estimate of drug-likeness (QED) is 0.519. The van der Waals surface area contributed by atoms with E-state index >= 15 is 0 Å². The van der Waals surface area contributed by atoms with Gasteiger partial charge in [0.05, 0.1) is 0 Å². The average Bonchev–Trinajstić information content (AvgIpc) is 3.16. The van der Waals surface area contributed by atoms with Crippen LogP contribution in [0.1, 0.15) is 51.4 Å². The summed E-state index contributed by atoms with van der Waals surface area (Å²) in [5.74, 6) is 0.0767. The maximum absolute atomic E-state index is 14.0. The zero-order valence-electron chi connectivity index (χ0n) is 13.5. The molecule has 4 rings (SSSR count). The third-order valence-electron chi connectivity index (χ3n) is 5.79. The van der Waals surface area contributed by atoms with Gasteiger partial charge in [-0.15, -0.1) is 0 Å². The first kappa shape index (κ1) is 15.8. The molecule has 0 nitrogen and oxygen atoms in total. The van der Waals surface area contributed by atoms with Crippen LogP contribution in [-0.2, 0) is 18.9 Å². The molecule has 0 aromatic heterocycles. The van der Waals surface area contributed by atoms with Crippen molar-refractivity contribution >= 4 is 0 Å². The Labute approximate surface area is 144 Å². The predicted molar refractivity (Wildman–Crippen MR) is 86.5 cm³/mol. The normalized spacial score (nSPS) is 30.1. The van der Waals surface area contributed by atoms with E-state index in [2.05, 4.69) is 24.3 Å². The summed E-state index contributed by atoms with van der Waals surface area (Å²) in [7, 11) is 0. The molecule has 0 unspecified atom stereocenters. The van der Waals surface area contributed by atoms with Gasteiger partial charge in [0.25, 0.3) is 0 Å². The Morgan fingerprint density at radius 3 is 2.22 bits per heavy atom. The monoisotopic (exact) mass is 349 g/mol. The molecule has 0 saturated carbocycles. The van der Waals surface area contributed by atoms with Crippen molar-refractivity contribution in [1.29, 1.82) is 0 Å². The third kappa shape index (κ3) is 3.01. The van der Waals surface area contributed by atoms with E-state index in [1.165, 1.54) is 41.6 Å². The van der Waals surface area contributed by atoms with Gasteiger partial charge in [-0.05, 0) is 0 Å². The second-order valence-electron chi connectivity index (χ2n) is 7.12. The minimum atomic E-state index is -4.08. The Balaban J connectivity index is 1.64. The summed E-state index contributed by atoms with van der Waals surface area (Å²) in [4.78, 5) is 0. The molecule has 0 N–H and O–H groups in total. The van der Waals surface area contributed by atoms with Gasteiger partial charge >= 0.3 is 145 Å². The topological polar surface area (TPSA) is 0 Å². The van der Waals surface area contributed by atoms with Crippen LogP contribution in [0.25, 0.3) is 0 Å². The first-order chi connectivity index (χ1) is 11.2. The minimum absolute atomic E-state index is 0.0723. The second kappa shape index (κ2) is 6.65. The summed E-state index contributed by atoms with van der Waals surface area (Å²) in [6.45, 7) is 0. The summed E-state index contributed by atoms with van der Waals surface area (Å²) in [6.07, 6.45) is 19.7. The Hall–Kier alpha value is -0.726. The number of allylic oxidation sites excluding steroid dienone is 10. The predicted octanol–water partition coefficient (Wildman–Crippen LogP) is 6.37. The molecule has 23 heavy (non-hydrogen) atoms. The molecule has 2 atom stereocenters. The summed E-state index contributed by atoms with van der Waals surface area (Å²) < 4.78 is 28.5.